The summed E-state index contributed by atoms with van der Waals surface area (Å²) >= 11 is 0. The molecular weight excluding hydrogens is 232 g/mol. The summed E-state index contributed by atoms with van der Waals surface area (Å²) in [6, 6.07) is 6.77. The van der Waals surface area contributed by atoms with Gasteiger partial charge >= 0.3 is 0 Å². The Bertz CT molecular complexity index is 466. The van der Waals surface area contributed by atoms with Gasteiger partial charge in [-0.2, -0.15) is 5.26 Å². The number of hydrogen-bond donors (Lipinski definition) is 1. The molecule has 0 heterocycles. The van der Waals surface area contributed by atoms with E-state index in [0.29, 0.717) is 17.1 Å². The van der Waals surface area contributed by atoms with Gasteiger partial charge in [0.2, 0.25) is 0 Å². The third-order valence-corrected chi connectivity index (χ3v) is 2.43. The number of benzene rings is 1. The van der Waals surface area contributed by atoms with Crippen LogP contribution < -0.4 is 14.8 Å². The minimum atomic E-state index is -0.266. The van der Waals surface area contributed by atoms with Crippen molar-refractivity contribution in [3.8, 4) is 17.6 Å². The van der Waals surface area contributed by atoms with Gasteiger partial charge in [0, 0.05) is 12.1 Å². The van der Waals surface area contributed by atoms with Crippen molar-refractivity contribution in [2.24, 2.45) is 0 Å². The molecule has 0 bridgehead atoms. The van der Waals surface area contributed by atoms with Crippen molar-refractivity contribution in [3.63, 3.8) is 0 Å². The molecular formula is C13H16N2O3. The van der Waals surface area contributed by atoms with Crippen LogP contribution in [0.5, 0.6) is 11.5 Å². The van der Waals surface area contributed by atoms with E-state index in [-0.39, 0.29) is 18.4 Å². The SMILES string of the molecule is COc1ccc(C(=O)NC(C)CC#N)c(OC)c1. The number of carbonyl (C=O) groups is 1. The van der Waals surface area contributed by atoms with Crippen LogP contribution in [0, 0.1) is 11.3 Å². The highest BCUT2D eigenvalue weighted by atomic mass is 16.5. The number of carbonyl (C=O) groups excluding carboxylic acids is 1. The Kier molecular flexibility index (Phi) is 5.00. The molecule has 5 nitrogen and oxygen atoms in total. The predicted octanol–water partition coefficient (Wildman–Crippen LogP) is 1.74. The third kappa shape index (κ3) is 3.39. The number of hydrogen-bond acceptors (Lipinski definition) is 4. The van der Waals surface area contributed by atoms with Gasteiger partial charge in [-0.3, -0.25) is 4.79 Å². The van der Waals surface area contributed by atoms with Gasteiger partial charge in [-0.1, -0.05) is 0 Å². The zero-order valence-corrected chi connectivity index (χ0v) is 10.7. The van der Waals surface area contributed by atoms with E-state index in [4.69, 9.17) is 14.7 Å². The van der Waals surface area contributed by atoms with Crippen LogP contribution in [0.25, 0.3) is 0 Å². The number of amides is 1. The second-order valence-electron chi connectivity index (χ2n) is 3.80. The van der Waals surface area contributed by atoms with Crippen molar-refractivity contribution in [3.05, 3.63) is 23.8 Å². The number of methoxy groups -OCH3 is 2. The normalized spacial score (nSPS) is 11.2. The largest absolute Gasteiger partial charge is 0.497 e. The van der Waals surface area contributed by atoms with Gasteiger partial charge in [-0.05, 0) is 19.1 Å². The number of nitrogens with one attached hydrogen (secondary N) is 1. The first-order valence-electron chi connectivity index (χ1n) is 5.52. The lowest BCUT2D eigenvalue weighted by molar-refractivity contribution is 0.0937. The van der Waals surface area contributed by atoms with E-state index in [2.05, 4.69) is 5.32 Å². The molecule has 0 spiro atoms. The van der Waals surface area contributed by atoms with E-state index in [1.165, 1.54) is 7.11 Å². The molecule has 1 atom stereocenters. The summed E-state index contributed by atoms with van der Waals surface area (Å²) in [6.07, 6.45) is 0.268. The molecule has 5 heteroatoms. The van der Waals surface area contributed by atoms with E-state index in [1.807, 2.05) is 6.07 Å². The predicted molar refractivity (Wildman–Crippen MR) is 66.7 cm³/mol. The van der Waals surface area contributed by atoms with Crippen molar-refractivity contribution in [2.75, 3.05) is 14.2 Å². The summed E-state index contributed by atoms with van der Waals surface area (Å²) in [5, 5.41) is 11.3. The molecule has 0 radical (unpaired) electrons. The molecule has 0 saturated carbocycles. The van der Waals surface area contributed by atoms with Crippen molar-refractivity contribution in [1.29, 1.82) is 5.26 Å². The second kappa shape index (κ2) is 6.50. The molecule has 1 N–H and O–H groups in total. The van der Waals surface area contributed by atoms with Crippen molar-refractivity contribution >= 4 is 5.91 Å². The summed E-state index contributed by atoms with van der Waals surface area (Å²) in [7, 11) is 3.04. The molecule has 1 unspecified atom stereocenters. The van der Waals surface area contributed by atoms with Crippen molar-refractivity contribution < 1.29 is 14.3 Å². The first-order valence-corrected chi connectivity index (χ1v) is 5.52. The third-order valence-electron chi connectivity index (χ3n) is 2.43. The van der Waals surface area contributed by atoms with Crippen molar-refractivity contribution in [2.45, 2.75) is 19.4 Å². The Labute approximate surface area is 106 Å². The standard InChI is InChI=1S/C13H16N2O3/c1-9(6-7-14)15-13(16)11-5-4-10(17-2)8-12(11)18-3/h4-5,8-9H,6H2,1-3H3,(H,15,16). The topological polar surface area (TPSA) is 71.3 Å². The smallest absolute Gasteiger partial charge is 0.255 e. The summed E-state index contributed by atoms with van der Waals surface area (Å²) in [6.45, 7) is 1.77. The number of nitrogens with zero attached hydrogens (tertiary/aromatic N) is 1. The Balaban J connectivity index is 2.88. The van der Waals surface area contributed by atoms with Crippen LogP contribution in [0.15, 0.2) is 18.2 Å². The average molecular weight is 248 g/mol. The van der Waals surface area contributed by atoms with Crippen molar-refractivity contribution in [1.82, 2.24) is 5.32 Å². The van der Waals surface area contributed by atoms with Crippen LogP contribution in [0.4, 0.5) is 0 Å². The fourth-order valence-corrected chi connectivity index (χ4v) is 1.48. The molecule has 0 fully saturated rings. The average Bonchev–Trinajstić information content (AvgIpc) is 2.38. The molecule has 1 rings (SSSR count). The van der Waals surface area contributed by atoms with Crippen LogP contribution in [-0.4, -0.2) is 26.2 Å². The highest BCUT2D eigenvalue weighted by Crippen LogP contribution is 2.24. The van der Waals surface area contributed by atoms with Gasteiger partial charge in [0.25, 0.3) is 5.91 Å². The zero-order chi connectivity index (χ0) is 13.5. The first-order chi connectivity index (χ1) is 8.62. The van der Waals surface area contributed by atoms with Crippen LogP contribution in [0.3, 0.4) is 0 Å². The van der Waals surface area contributed by atoms with Gasteiger partial charge in [0.1, 0.15) is 11.5 Å². The monoisotopic (exact) mass is 248 g/mol. The second-order valence-corrected chi connectivity index (χ2v) is 3.80. The fraction of sp³-hybridized carbons (Fsp3) is 0.385. The highest BCUT2D eigenvalue weighted by molar-refractivity contribution is 5.97. The van der Waals surface area contributed by atoms with E-state index >= 15 is 0 Å². The molecule has 0 aliphatic heterocycles. The van der Waals surface area contributed by atoms with Gasteiger partial charge in [-0.15, -0.1) is 0 Å². The maximum absolute atomic E-state index is 12.0. The Hall–Kier alpha value is -2.22. The molecule has 0 aliphatic carbocycles. The number of rotatable bonds is 5. The van der Waals surface area contributed by atoms with E-state index in [9.17, 15) is 4.79 Å². The Morgan fingerprint density at radius 3 is 2.72 bits per heavy atom. The van der Waals surface area contributed by atoms with Crippen LogP contribution in [-0.2, 0) is 0 Å². The molecule has 1 amide bonds. The maximum Gasteiger partial charge on any atom is 0.255 e. The summed E-state index contributed by atoms with van der Waals surface area (Å²) < 4.78 is 10.2. The lowest BCUT2D eigenvalue weighted by Crippen LogP contribution is -2.32. The fourth-order valence-electron chi connectivity index (χ4n) is 1.48. The van der Waals surface area contributed by atoms with Crippen LogP contribution in [0.1, 0.15) is 23.7 Å². The minimum absolute atomic E-state index is 0.200. The van der Waals surface area contributed by atoms with Gasteiger partial charge in [-0.25, -0.2) is 0 Å². The summed E-state index contributed by atoms with van der Waals surface area (Å²) in [4.78, 5) is 12.0. The summed E-state index contributed by atoms with van der Waals surface area (Å²) in [5.41, 5.74) is 0.420. The highest BCUT2D eigenvalue weighted by Gasteiger charge is 2.15. The van der Waals surface area contributed by atoms with Gasteiger partial charge in [0.15, 0.2) is 0 Å². The molecule has 0 saturated heterocycles. The molecule has 0 aromatic heterocycles. The molecule has 96 valence electrons. The lowest BCUT2D eigenvalue weighted by atomic mass is 10.1. The number of nitriles is 1. The first kappa shape index (κ1) is 13.8. The molecule has 1 aromatic carbocycles. The lowest BCUT2D eigenvalue weighted by Gasteiger charge is -2.13. The van der Waals surface area contributed by atoms with Gasteiger partial charge in [0.05, 0.1) is 32.3 Å². The zero-order valence-electron chi connectivity index (χ0n) is 10.7. The number of ether oxygens (including phenoxy) is 2. The van der Waals surface area contributed by atoms with Crippen LogP contribution in [0.2, 0.25) is 0 Å². The minimum Gasteiger partial charge on any atom is -0.497 e. The Morgan fingerprint density at radius 1 is 1.44 bits per heavy atom. The van der Waals surface area contributed by atoms with Crippen LogP contribution >= 0.6 is 0 Å². The Morgan fingerprint density at radius 2 is 2.17 bits per heavy atom. The molecule has 18 heavy (non-hydrogen) atoms. The molecule has 1 aromatic rings. The molecule has 0 aliphatic rings. The van der Waals surface area contributed by atoms with Gasteiger partial charge < -0.3 is 14.8 Å². The van der Waals surface area contributed by atoms with E-state index in [0.717, 1.165) is 0 Å². The van der Waals surface area contributed by atoms with E-state index < -0.39 is 0 Å². The summed E-state index contributed by atoms with van der Waals surface area (Å²) in [5.74, 6) is 0.793. The quantitative estimate of drug-likeness (QED) is 0.861. The van der Waals surface area contributed by atoms with E-state index in [1.54, 1.807) is 32.2 Å². The maximum atomic E-state index is 12.0.